The molecule has 30 heavy (non-hydrogen) atoms. The summed E-state index contributed by atoms with van der Waals surface area (Å²) in [6, 6.07) is 0. The molecule has 0 saturated heterocycles. The number of hydrogen-bond acceptors (Lipinski definition) is 2. The number of hydrogen-bond donors (Lipinski definition) is 0. The van der Waals surface area contributed by atoms with E-state index in [1.54, 1.807) is 0 Å². The number of rotatable bonds is 12. The molecule has 0 amide bonds. The van der Waals surface area contributed by atoms with Crippen LogP contribution in [0.2, 0.25) is 0 Å². The molecule has 0 aliphatic rings. The molecule has 0 fully saturated rings. The van der Waals surface area contributed by atoms with Gasteiger partial charge in [0.1, 0.15) is 0 Å². The van der Waals surface area contributed by atoms with Crippen molar-refractivity contribution in [3.63, 3.8) is 0 Å². The van der Waals surface area contributed by atoms with Gasteiger partial charge < -0.3 is 0 Å². The molecule has 182 valence electrons. The molecule has 0 radical (unpaired) electrons. The quantitative estimate of drug-likeness (QED) is 0.186. The fraction of sp³-hybridized carbons (Fsp3) is 1.00. The van der Waals surface area contributed by atoms with Gasteiger partial charge in [-0.15, -0.1) is 0 Å². The maximum atomic E-state index is 14.4. The van der Waals surface area contributed by atoms with Crippen molar-refractivity contribution in [2.24, 2.45) is 0 Å². The van der Waals surface area contributed by atoms with Gasteiger partial charge in [-0.3, -0.25) is 4.84 Å². The second-order valence-electron chi connectivity index (χ2n) is 6.99. The summed E-state index contributed by atoms with van der Waals surface area (Å²) in [6.07, 6.45) is -2.14. The normalized spacial score (nSPS) is 19.0. The molecule has 0 rings (SSSR count). The Labute approximate surface area is 167 Å². The molecule has 0 spiro atoms. The first kappa shape index (κ1) is 29.5. The second kappa shape index (κ2) is 8.80. The highest BCUT2D eigenvalue weighted by molar-refractivity contribution is 7.18. The highest BCUT2D eigenvalue weighted by Gasteiger charge is 2.88. The van der Waals surface area contributed by atoms with Crippen molar-refractivity contribution in [3.8, 4) is 0 Å². The van der Waals surface area contributed by atoms with Crippen LogP contribution in [0.1, 0.15) is 33.6 Å². The van der Waals surface area contributed by atoms with Gasteiger partial charge in [-0.25, -0.2) is 8.78 Å². The van der Waals surface area contributed by atoms with Gasteiger partial charge in [0.05, 0.1) is 6.61 Å². The molecule has 0 N–H and O–H groups in total. The van der Waals surface area contributed by atoms with E-state index >= 15 is 0 Å². The number of nitrogens with zero attached hydrogens (tertiary/aromatic N) is 1. The van der Waals surface area contributed by atoms with E-state index < -0.39 is 60.5 Å². The zero-order valence-electron chi connectivity index (χ0n) is 16.3. The summed E-state index contributed by atoms with van der Waals surface area (Å²) in [5.74, 6) is -27.2. The number of hydroxylamine groups is 2. The molecule has 0 aliphatic carbocycles. The minimum absolute atomic E-state index is 0.0366. The Morgan fingerprint density at radius 3 is 1.53 bits per heavy atom. The number of halogens is 12. The van der Waals surface area contributed by atoms with Crippen molar-refractivity contribution in [2.45, 2.75) is 74.3 Å². The molecule has 15 heteroatoms. The lowest BCUT2D eigenvalue weighted by Crippen LogP contribution is -2.73. The first-order chi connectivity index (χ1) is 13.0. The Morgan fingerprint density at radius 2 is 1.17 bits per heavy atom. The Kier molecular flexibility index (Phi) is 8.66. The molecule has 0 bridgehead atoms. The van der Waals surface area contributed by atoms with E-state index in [1.165, 1.54) is 14.0 Å². The van der Waals surface area contributed by atoms with Crippen LogP contribution < -0.4 is 0 Å². The van der Waals surface area contributed by atoms with Gasteiger partial charge in [0.15, 0.2) is 5.67 Å². The van der Waals surface area contributed by atoms with Gasteiger partial charge in [0.2, 0.25) is 5.67 Å². The van der Waals surface area contributed by atoms with Crippen LogP contribution in [0.4, 0.5) is 52.7 Å². The average molecular weight is 491 g/mol. The van der Waals surface area contributed by atoms with Crippen molar-refractivity contribution in [1.29, 1.82) is 0 Å². The second-order valence-corrected chi connectivity index (χ2v) is 7.72. The van der Waals surface area contributed by atoms with Crippen molar-refractivity contribution in [1.82, 2.24) is 5.06 Å². The summed E-state index contributed by atoms with van der Waals surface area (Å²) in [7, 11) is 1.23. The van der Waals surface area contributed by atoms with Gasteiger partial charge in [-0.1, -0.05) is 9.24 Å². The summed E-state index contributed by atoms with van der Waals surface area (Å²) >= 11 is 0. The van der Waals surface area contributed by atoms with Crippen LogP contribution >= 0.6 is 9.24 Å². The van der Waals surface area contributed by atoms with Crippen molar-refractivity contribution in [3.05, 3.63) is 0 Å². The SMILES string of the molecule is CCON(C)CCCC(C)(F)C(F)(F)C(F)(F)C(F)(F)C(C)(F)C(F)(F)C(F)(F)P. The highest BCUT2D eigenvalue weighted by Crippen LogP contribution is 2.62. The topological polar surface area (TPSA) is 12.5 Å². The largest absolute Gasteiger partial charge is 0.378 e. The van der Waals surface area contributed by atoms with Crippen LogP contribution in [0, 0.1) is 0 Å². The molecule has 0 aromatic carbocycles. The fourth-order valence-corrected chi connectivity index (χ4v) is 2.68. The molecular formula is C15H22F12NOP. The Balaban J connectivity index is 5.99. The minimum Gasteiger partial charge on any atom is -0.300 e. The molecule has 0 saturated carbocycles. The van der Waals surface area contributed by atoms with E-state index in [4.69, 9.17) is 4.84 Å². The monoisotopic (exact) mass is 491 g/mol. The van der Waals surface area contributed by atoms with E-state index in [-0.39, 0.29) is 29.3 Å². The number of alkyl halides is 12. The van der Waals surface area contributed by atoms with Gasteiger partial charge in [-0.2, -0.15) is 49.0 Å². The van der Waals surface area contributed by atoms with E-state index in [0.29, 0.717) is 0 Å². The van der Waals surface area contributed by atoms with Crippen LogP contribution in [0.5, 0.6) is 0 Å². The molecule has 0 aliphatic heterocycles. The molecule has 3 unspecified atom stereocenters. The summed E-state index contributed by atoms with van der Waals surface area (Å²) in [6.45, 7) is 0.0168. The van der Waals surface area contributed by atoms with Crippen LogP contribution in [-0.4, -0.2) is 66.0 Å². The van der Waals surface area contributed by atoms with E-state index in [0.717, 1.165) is 5.06 Å². The summed E-state index contributed by atoms with van der Waals surface area (Å²) in [5, 5.41) is 1.00. The molecule has 0 heterocycles. The molecular weight excluding hydrogens is 469 g/mol. The van der Waals surface area contributed by atoms with Crippen LogP contribution in [0.25, 0.3) is 0 Å². The first-order valence-electron chi connectivity index (χ1n) is 8.35. The summed E-state index contributed by atoms with van der Waals surface area (Å²) in [5.41, 5.74) is -16.4. The van der Waals surface area contributed by atoms with E-state index in [9.17, 15) is 52.7 Å². The van der Waals surface area contributed by atoms with Gasteiger partial charge >= 0.3 is 29.4 Å². The smallest absolute Gasteiger partial charge is 0.300 e. The third kappa shape index (κ3) is 4.79. The average Bonchev–Trinajstić information content (AvgIpc) is 2.52. The van der Waals surface area contributed by atoms with E-state index in [1.807, 2.05) is 0 Å². The third-order valence-corrected chi connectivity index (χ3v) is 4.87. The van der Waals surface area contributed by atoms with Crippen molar-refractivity contribution >= 4 is 9.24 Å². The van der Waals surface area contributed by atoms with Gasteiger partial charge in [0, 0.05) is 13.6 Å². The fourth-order valence-electron chi connectivity index (χ4n) is 2.41. The lowest BCUT2D eigenvalue weighted by Gasteiger charge is -2.45. The Morgan fingerprint density at radius 1 is 0.733 bits per heavy atom. The van der Waals surface area contributed by atoms with Crippen molar-refractivity contribution < 1.29 is 57.5 Å². The van der Waals surface area contributed by atoms with Crippen LogP contribution in [0.15, 0.2) is 0 Å². The van der Waals surface area contributed by atoms with Crippen LogP contribution in [0.3, 0.4) is 0 Å². The van der Waals surface area contributed by atoms with E-state index in [2.05, 4.69) is 0 Å². The highest BCUT2D eigenvalue weighted by atomic mass is 31.0. The first-order valence-corrected chi connectivity index (χ1v) is 8.93. The van der Waals surface area contributed by atoms with Crippen LogP contribution in [-0.2, 0) is 4.84 Å². The Bertz CT molecular complexity index is 576. The zero-order chi connectivity index (χ0) is 24.6. The standard InChI is InChI=1S/C15H22F12NOP/c1-5-29-28(4)8-6-7-9(2,16)11(18,19)14(24,25)12(20,21)10(3,17)13(22,23)15(26,27)30/h5-8,30H2,1-4H3. The van der Waals surface area contributed by atoms with Gasteiger partial charge in [-0.05, 0) is 33.6 Å². The van der Waals surface area contributed by atoms with Gasteiger partial charge in [0.25, 0.3) is 0 Å². The van der Waals surface area contributed by atoms with Crippen molar-refractivity contribution in [2.75, 3.05) is 20.2 Å². The summed E-state index contributed by atoms with van der Waals surface area (Å²) < 4.78 is 165. The summed E-state index contributed by atoms with van der Waals surface area (Å²) in [4.78, 5) is 4.83. The molecule has 3 atom stereocenters. The zero-order valence-corrected chi connectivity index (χ0v) is 17.5. The predicted molar refractivity (Wildman–Crippen MR) is 87.0 cm³/mol. The molecule has 0 aromatic rings. The maximum absolute atomic E-state index is 14.4. The maximum Gasteiger partial charge on any atom is 0.378 e. The lowest BCUT2D eigenvalue weighted by atomic mass is 9.80. The predicted octanol–water partition coefficient (Wildman–Crippen LogP) is 6.12. The minimum atomic E-state index is -7.11. The molecule has 2 nitrogen and oxygen atoms in total. The Hall–Kier alpha value is -0.490. The lowest BCUT2D eigenvalue weighted by molar-refractivity contribution is -0.396. The third-order valence-electron chi connectivity index (χ3n) is 4.51. The molecule has 0 aromatic heterocycles.